The van der Waals surface area contributed by atoms with Crippen LogP contribution >= 0.6 is 0 Å². The van der Waals surface area contributed by atoms with E-state index in [2.05, 4.69) is 5.32 Å². The number of hydrogen-bond donors (Lipinski definition) is 2. The van der Waals surface area contributed by atoms with E-state index >= 15 is 0 Å². The molecule has 0 saturated carbocycles. The van der Waals surface area contributed by atoms with Gasteiger partial charge in [0.2, 0.25) is 0 Å². The Morgan fingerprint density at radius 1 is 1.15 bits per heavy atom. The van der Waals surface area contributed by atoms with Crippen LogP contribution in [0.4, 0.5) is 10.1 Å². The standard InChI is InChI=1S/C26H19FN2O4/c1-14-9-19(15(2)29-22-6-4-3-5-18(22)26(31)32)25-20(10-14)23(30)12-24(33-25)17-8-7-16(13-28)11-21(17)27/h3-12,15,29H,1-2H3,(H,31,32). The molecular formula is C26H19FN2O4. The second-order valence-corrected chi connectivity index (χ2v) is 7.73. The minimum absolute atomic E-state index is 0.0396. The van der Waals surface area contributed by atoms with Crippen LogP contribution in [-0.4, -0.2) is 11.1 Å². The van der Waals surface area contributed by atoms with Gasteiger partial charge in [0.15, 0.2) is 5.43 Å². The van der Waals surface area contributed by atoms with Crippen LogP contribution in [-0.2, 0) is 0 Å². The highest BCUT2D eigenvalue weighted by molar-refractivity contribution is 5.94. The van der Waals surface area contributed by atoms with E-state index in [4.69, 9.17) is 9.68 Å². The van der Waals surface area contributed by atoms with E-state index < -0.39 is 17.8 Å². The fraction of sp³-hybridized carbons (Fsp3) is 0.115. The van der Waals surface area contributed by atoms with Crippen LogP contribution in [0.1, 0.15) is 40.0 Å². The Hall–Kier alpha value is -4.44. The number of fused-ring (bicyclic) bond motifs is 1. The van der Waals surface area contributed by atoms with Crippen molar-refractivity contribution < 1.29 is 18.7 Å². The number of halogens is 1. The number of carboxylic acid groups (broad SMARTS) is 1. The number of nitrogens with zero attached hydrogens (tertiary/aromatic N) is 1. The van der Waals surface area contributed by atoms with Gasteiger partial charge >= 0.3 is 5.97 Å². The summed E-state index contributed by atoms with van der Waals surface area (Å²) in [6.45, 7) is 3.66. The molecule has 164 valence electrons. The molecule has 1 heterocycles. The van der Waals surface area contributed by atoms with Crippen LogP contribution in [0, 0.1) is 24.1 Å². The van der Waals surface area contributed by atoms with Crippen LogP contribution in [0.25, 0.3) is 22.3 Å². The maximum atomic E-state index is 14.6. The monoisotopic (exact) mass is 442 g/mol. The number of carboxylic acids is 1. The van der Waals surface area contributed by atoms with Crippen molar-refractivity contribution in [2.24, 2.45) is 0 Å². The van der Waals surface area contributed by atoms with Gasteiger partial charge in [0.05, 0.1) is 34.2 Å². The molecule has 1 atom stereocenters. The van der Waals surface area contributed by atoms with Gasteiger partial charge in [-0.25, -0.2) is 9.18 Å². The molecule has 4 aromatic rings. The van der Waals surface area contributed by atoms with Gasteiger partial charge in [0, 0.05) is 17.3 Å². The molecule has 33 heavy (non-hydrogen) atoms. The summed E-state index contributed by atoms with van der Waals surface area (Å²) in [6.07, 6.45) is 0. The number of nitrogens with one attached hydrogen (secondary N) is 1. The van der Waals surface area contributed by atoms with Gasteiger partial charge < -0.3 is 14.8 Å². The molecule has 2 N–H and O–H groups in total. The number of para-hydroxylation sites is 1. The summed E-state index contributed by atoms with van der Waals surface area (Å²) < 4.78 is 20.6. The quantitative estimate of drug-likeness (QED) is 0.414. The smallest absolute Gasteiger partial charge is 0.337 e. The van der Waals surface area contributed by atoms with E-state index in [-0.39, 0.29) is 33.5 Å². The van der Waals surface area contributed by atoms with Crippen molar-refractivity contribution in [1.82, 2.24) is 0 Å². The molecule has 1 unspecified atom stereocenters. The van der Waals surface area contributed by atoms with Crippen molar-refractivity contribution in [2.45, 2.75) is 19.9 Å². The fourth-order valence-corrected chi connectivity index (χ4v) is 3.78. The van der Waals surface area contributed by atoms with Crippen LogP contribution < -0.4 is 10.7 Å². The molecular weight excluding hydrogens is 423 g/mol. The highest BCUT2D eigenvalue weighted by Crippen LogP contribution is 2.32. The van der Waals surface area contributed by atoms with Gasteiger partial charge in [-0.05, 0) is 55.8 Å². The van der Waals surface area contributed by atoms with E-state index in [1.807, 2.05) is 26.0 Å². The third-order valence-electron chi connectivity index (χ3n) is 5.36. The SMILES string of the molecule is Cc1cc(C(C)Nc2ccccc2C(=O)O)c2oc(-c3ccc(C#N)cc3F)cc(=O)c2c1. The van der Waals surface area contributed by atoms with Crippen molar-refractivity contribution in [3.05, 3.63) is 99.0 Å². The molecule has 0 aliphatic heterocycles. The van der Waals surface area contributed by atoms with E-state index in [0.29, 0.717) is 16.6 Å². The van der Waals surface area contributed by atoms with Crippen molar-refractivity contribution in [3.8, 4) is 17.4 Å². The largest absolute Gasteiger partial charge is 0.478 e. The molecule has 0 spiro atoms. The molecule has 0 bridgehead atoms. The highest BCUT2D eigenvalue weighted by Gasteiger charge is 2.19. The molecule has 0 aliphatic rings. The molecule has 6 nitrogen and oxygen atoms in total. The zero-order valence-corrected chi connectivity index (χ0v) is 17.8. The molecule has 0 fully saturated rings. The third kappa shape index (κ3) is 4.19. The van der Waals surface area contributed by atoms with Crippen LogP contribution in [0.5, 0.6) is 0 Å². The van der Waals surface area contributed by atoms with E-state index in [0.717, 1.165) is 11.6 Å². The minimum Gasteiger partial charge on any atom is -0.478 e. The highest BCUT2D eigenvalue weighted by atomic mass is 19.1. The Balaban J connectivity index is 1.86. The first-order valence-corrected chi connectivity index (χ1v) is 10.2. The lowest BCUT2D eigenvalue weighted by atomic mass is 10.00. The number of nitriles is 1. The lowest BCUT2D eigenvalue weighted by Crippen LogP contribution is -2.12. The molecule has 3 aromatic carbocycles. The van der Waals surface area contributed by atoms with Crippen molar-refractivity contribution in [1.29, 1.82) is 5.26 Å². The maximum Gasteiger partial charge on any atom is 0.337 e. The van der Waals surface area contributed by atoms with Gasteiger partial charge in [0.25, 0.3) is 0 Å². The lowest BCUT2D eigenvalue weighted by Gasteiger charge is -2.19. The van der Waals surface area contributed by atoms with Gasteiger partial charge in [-0.15, -0.1) is 0 Å². The summed E-state index contributed by atoms with van der Waals surface area (Å²) in [7, 11) is 0. The number of carbonyl (C=O) groups is 1. The average molecular weight is 442 g/mol. The third-order valence-corrected chi connectivity index (χ3v) is 5.36. The zero-order valence-electron chi connectivity index (χ0n) is 17.8. The molecule has 7 heteroatoms. The normalized spacial score (nSPS) is 11.7. The predicted octanol–water partition coefficient (Wildman–Crippen LogP) is 5.65. The van der Waals surface area contributed by atoms with Crippen molar-refractivity contribution >= 4 is 22.6 Å². The van der Waals surface area contributed by atoms with Gasteiger partial charge in [-0.2, -0.15) is 5.26 Å². The van der Waals surface area contributed by atoms with Gasteiger partial charge in [0.1, 0.15) is 17.2 Å². The molecule has 1 aromatic heterocycles. The van der Waals surface area contributed by atoms with Crippen LogP contribution in [0.15, 0.2) is 69.9 Å². The topological polar surface area (TPSA) is 103 Å². The van der Waals surface area contributed by atoms with E-state index in [9.17, 15) is 19.1 Å². The molecule has 4 rings (SSSR count). The second kappa shape index (κ2) is 8.60. The number of anilines is 1. The Bertz CT molecular complexity index is 1500. The van der Waals surface area contributed by atoms with Gasteiger partial charge in [-0.1, -0.05) is 18.2 Å². The van der Waals surface area contributed by atoms with Crippen LogP contribution in [0.3, 0.4) is 0 Å². The van der Waals surface area contributed by atoms with Crippen LogP contribution in [0.2, 0.25) is 0 Å². The average Bonchev–Trinajstić information content (AvgIpc) is 2.79. The summed E-state index contributed by atoms with van der Waals surface area (Å²) >= 11 is 0. The summed E-state index contributed by atoms with van der Waals surface area (Å²) in [5, 5.41) is 22.0. The Morgan fingerprint density at radius 3 is 2.61 bits per heavy atom. The van der Waals surface area contributed by atoms with Crippen molar-refractivity contribution in [2.75, 3.05) is 5.32 Å². The van der Waals surface area contributed by atoms with E-state index in [1.54, 1.807) is 24.3 Å². The first-order valence-electron chi connectivity index (χ1n) is 10.2. The van der Waals surface area contributed by atoms with E-state index in [1.165, 1.54) is 24.3 Å². The lowest BCUT2D eigenvalue weighted by molar-refractivity contribution is 0.0698. The summed E-state index contributed by atoms with van der Waals surface area (Å²) in [5.41, 5.74) is 2.15. The Kier molecular flexibility index (Phi) is 5.67. The number of hydrogen-bond acceptors (Lipinski definition) is 5. The molecule has 0 radical (unpaired) electrons. The number of aryl methyl sites for hydroxylation is 1. The first kappa shape index (κ1) is 21.8. The molecule has 0 aliphatic carbocycles. The summed E-state index contributed by atoms with van der Waals surface area (Å²) in [5.74, 6) is -1.70. The number of rotatable bonds is 5. The van der Waals surface area contributed by atoms with Crippen molar-refractivity contribution in [3.63, 3.8) is 0 Å². The Labute approximate surface area is 188 Å². The molecule has 0 amide bonds. The Morgan fingerprint density at radius 2 is 1.91 bits per heavy atom. The second-order valence-electron chi connectivity index (χ2n) is 7.73. The van der Waals surface area contributed by atoms with Gasteiger partial charge in [-0.3, -0.25) is 4.79 Å². The maximum absolute atomic E-state index is 14.6. The predicted molar refractivity (Wildman–Crippen MR) is 123 cm³/mol. The summed E-state index contributed by atoms with van der Waals surface area (Å²) in [4.78, 5) is 24.5. The first-order chi connectivity index (χ1) is 15.8. The summed E-state index contributed by atoms with van der Waals surface area (Å²) in [6, 6.07) is 16.7. The number of benzene rings is 3. The molecule has 0 saturated heterocycles. The zero-order chi connectivity index (χ0) is 23.7. The fourth-order valence-electron chi connectivity index (χ4n) is 3.78. The minimum atomic E-state index is -1.07. The number of aromatic carboxylic acids is 1.